The van der Waals surface area contributed by atoms with Gasteiger partial charge in [0.05, 0.1) is 19.8 Å². The number of hydrogen-bond donors (Lipinski definition) is 2. The first-order valence-corrected chi connectivity index (χ1v) is 11.2. The maximum Gasteiger partial charge on any atom is 0.191 e. The van der Waals surface area contributed by atoms with Gasteiger partial charge in [0, 0.05) is 25.1 Å². The lowest BCUT2D eigenvalue weighted by Crippen LogP contribution is -2.39. The number of halogens is 1. The van der Waals surface area contributed by atoms with E-state index in [1.807, 2.05) is 0 Å². The van der Waals surface area contributed by atoms with Crippen LogP contribution in [0.15, 0.2) is 23.2 Å². The number of ether oxygens (including phenoxy) is 2. The molecule has 2 aliphatic heterocycles. The maximum absolute atomic E-state index is 6.21. The highest BCUT2D eigenvalue weighted by atomic mass is 127. The Kier molecular flexibility index (Phi) is 11.2. The van der Waals surface area contributed by atoms with E-state index in [2.05, 4.69) is 54.6 Å². The topological polar surface area (TPSA) is 58.1 Å². The second-order valence-electron chi connectivity index (χ2n) is 8.37. The standard InChI is InChI=1S/C23H38N4O2.HI/c1-4-24-23(25-11-7-19-8-12-27(3)13-9-19)26-16-20-6-5-18(2)15-22(20)29-21-10-14-28-17-21;/h5-6,15,19,21H,4,7-14,16-17H2,1-3H3,(H2,24,25,26);1H. The van der Waals surface area contributed by atoms with Gasteiger partial charge in [0.2, 0.25) is 0 Å². The van der Waals surface area contributed by atoms with E-state index in [0.29, 0.717) is 13.2 Å². The van der Waals surface area contributed by atoms with E-state index in [1.54, 1.807) is 0 Å². The number of nitrogens with zero attached hydrogens (tertiary/aromatic N) is 2. The van der Waals surface area contributed by atoms with Crippen molar-refractivity contribution in [3.05, 3.63) is 29.3 Å². The molecule has 170 valence electrons. The van der Waals surface area contributed by atoms with E-state index in [9.17, 15) is 0 Å². The molecule has 2 heterocycles. The minimum Gasteiger partial charge on any atom is -0.488 e. The third kappa shape index (κ3) is 8.23. The molecule has 1 unspecified atom stereocenters. The average Bonchev–Trinajstić information content (AvgIpc) is 3.22. The quantitative estimate of drug-likeness (QED) is 0.306. The first-order chi connectivity index (χ1) is 14.1. The number of benzene rings is 1. The van der Waals surface area contributed by atoms with E-state index in [4.69, 9.17) is 14.5 Å². The molecule has 30 heavy (non-hydrogen) atoms. The van der Waals surface area contributed by atoms with Gasteiger partial charge in [-0.1, -0.05) is 12.1 Å². The van der Waals surface area contributed by atoms with Crippen molar-refractivity contribution in [2.45, 2.75) is 52.2 Å². The highest BCUT2D eigenvalue weighted by Gasteiger charge is 2.19. The molecule has 3 rings (SSSR count). The Balaban J connectivity index is 0.00000320. The summed E-state index contributed by atoms with van der Waals surface area (Å²) in [5.41, 5.74) is 2.32. The molecule has 0 bridgehead atoms. The third-order valence-electron chi connectivity index (χ3n) is 5.84. The Bertz CT molecular complexity index is 657. The van der Waals surface area contributed by atoms with Crippen molar-refractivity contribution < 1.29 is 9.47 Å². The van der Waals surface area contributed by atoms with E-state index >= 15 is 0 Å². The van der Waals surface area contributed by atoms with Gasteiger partial charge in [-0.05, 0) is 70.8 Å². The normalized spacial score (nSPS) is 20.6. The molecular weight excluding hydrogens is 491 g/mol. The Morgan fingerprint density at radius 2 is 2.03 bits per heavy atom. The van der Waals surface area contributed by atoms with Crippen LogP contribution < -0.4 is 15.4 Å². The van der Waals surface area contributed by atoms with E-state index in [0.717, 1.165) is 49.3 Å². The van der Waals surface area contributed by atoms with Crippen molar-refractivity contribution in [2.75, 3.05) is 46.4 Å². The van der Waals surface area contributed by atoms with E-state index < -0.39 is 0 Å². The number of piperidine rings is 1. The van der Waals surface area contributed by atoms with Crippen molar-refractivity contribution in [2.24, 2.45) is 10.9 Å². The molecule has 1 aromatic rings. The number of aryl methyl sites for hydroxylation is 1. The first kappa shape index (κ1) is 25.2. The van der Waals surface area contributed by atoms with Gasteiger partial charge in [-0.25, -0.2) is 4.99 Å². The van der Waals surface area contributed by atoms with E-state index in [-0.39, 0.29) is 30.1 Å². The smallest absolute Gasteiger partial charge is 0.191 e. The summed E-state index contributed by atoms with van der Waals surface area (Å²) in [6, 6.07) is 6.37. The largest absolute Gasteiger partial charge is 0.488 e. The van der Waals surface area contributed by atoms with Gasteiger partial charge in [-0.15, -0.1) is 24.0 Å². The third-order valence-corrected chi connectivity index (χ3v) is 5.84. The zero-order valence-electron chi connectivity index (χ0n) is 18.8. The van der Waals surface area contributed by atoms with Crippen LogP contribution in [0.25, 0.3) is 0 Å². The summed E-state index contributed by atoms with van der Waals surface area (Å²) in [7, 11) is 2.22. The van der Waals surface area contributed by atoms with Gasteiger partial charge in [0.25, 0.3) is 0 Å². The van der Waals surface area contributed by atoms with Crippen LogP contribution in [0.4, 0.5) is 0 Å². The molecule has 0 amide bonds. The molecule has 2 fully saturated rings. The highest BCUT2D eigenvalue weighted by molar-refractivity contribution is 14.0. The molecule has 0 spiro atoms. The van der Waals surface area contributed by atoms with Crippen LogP contribution in [-0.2, 0) is 11.3 Å². The van der Waals surface area contributed by atoms with Crippen LogP contribution in [0.1, 0.15) is 43.7 Å². The molecule has 7 heteroatoms. The minimum absolute atomic E-state index is 0. The van der Waals surface area contributed by atoms with E-state index in [1.165, 1.54) is 37.9 Å². The fourth-order valence-electron chi connectivity index (χ4n) is 3.94. The number of aliphatic imine (C=N–C) groups is 1. The second-order valence-corrected chi connectivity index (χ2v) is 8.37. The summed E-state index contributed by atoms with van der Waals surface area (Å²) in [5.74, 6) is 2.65. The number of likely N-dealkylation sites (tertiary alicyclic amines) is 1. The molecule has 1 aromatic carbocycles. The molecule has 0 saturated carbocycles. The fraction of sp³-hybridized carbons (Fsp3) is 0.696. The highest BCUT2D eigenvalue weighted by Crippen LogP contribution is 2.24. The summed E-state index contributed by atoms with van der Waals surface area (Å²) >= 11 is 0. The van der Waals surface area contributed by atoms with Crippen LogP contribution in [0, 0.1) is 12.8 Å². The molecule has 2 N–H and O–H groups in total. The summed E-state index contributed by atoms with van der Waals surface area (Å²) in [6.45, 7) is 10.5. The Labute approximate surface area is 199 Å². The second kappa shape index (κ2) is 13.4. The number of rotatable bonds is 8. The van der Waals surface area contributed by atoms with Crippen LogP contribution in [-0.4, -0.2) is 63.4 Å². The van der Waals surface area contributed by atoms with Gasteiger partial charge in [-0.3, -0.25) is 0 Å². The monoisotopic (exact) mass is 530 g/mol. The summed E-state index contributed by atoms with van der Waals surface area (Å²) in [4.78, 5) is 7.24. The lowest BCUT2D eigenvalue weighted by Gasteiger charge is -2.29. The van der Waals surface area contributed by atoms with Crippen molar-refractivity contribution >= 4 is 29.9 Å². The van der Waals surface area contributed by atoms with Gasteiger partial charge in [-0.2, -0.15) is 0 Å². The van der Waals surface area contributed by atoms with Crippen LogP contribution in [0.2, 0.25) is 0 Å². The van der Waals surface area contributed by atoms with Gasteiger partial charge < -0.3 is 25.0 Å². The molecule has 0 radical (unpaired) electrons. The van der Waals surface area contributed by atoms with Crippen molar-refractivity contribution in [1.29, 1.82) is 0 Å². The van der Waals surface area contributed by atoms with Crippen molar-refractivity contribution in [3.63, 3.8) is 0 Å². The molecule has 1 atom stereocenters. The predicted molar refractivity (Wildman–Crippen MR) is 134 cm³/mol. The first-order valence-electron chi connectivity index (χ1n) is 11.2. The SMILES string of the molecule is CCNC(=NCc1ccc(C)cc1OC1CCOC1)NCCC1CCN(C)CC1.I. The Morgan fingerprint density at radius 1 is 1.23 bits per heavy atom. The van der Waals surface area contributed by atoms with Gasteiger partial charge >= 0.3 is 0 Å². The van der Waals surface area contributed by atoms with Crippen LogP contribution in [0.5, 0.6) is 5.75 Å². The predicted octanol–water partition coefficient (Wildman–Crippen LogP) is 3.57. The average molecular weight is 530 g/mol. The lowest BCUT2D eigenvalue weighted by atomic mass is 9.94. The molecule has 2 saturated heterocycles. The van der Waals surface area contributed by atoms with Crippen molar-refractivity contribution in [3.8, 4) is 5.75 Å². The summed E-state index contributed by atoms with van der Waals surface area (Å²) in [6.07, 6.45) is 4.93. The molecule has 0 aromatic heterocycles. The Morgan fingerprint density at radius 3 is 2.73 bits per heavy atom. The zero-order valence-corrected chi connectivity index (χ0v) is 21.1. The zero-order chi connectivity index (χ0) is 20.5. The molecule has 6 nitrogen and oxygen atoms in total. The van der Waals surface area contributed by atoms with Crippen molar-refractivity contribution in [1.82, 2.24) is 15.5 Å². The van der Waals surface area contributed by atoms with Gasteiger partial charge in [0.15, 0.2) is 5.96 Å². The summed E-state index contributed by atoms with van der Waals surface area (Å²) < 4.78 is 11.7. The molecular formula is C23H39IN4O2. The van der Waals surface area contributed by atoms with Crippen LogP contribution in [0.3, 0.4) is 0 Å². The maximum atomic E-state index is 6.21. The minimum atomic E-state index is 0. The van der Waals surface area contributed by atoms with Crippen LogP contribution >= 0.6 is 24.0 Å². The number of guanidine groups is 1. The van der Waals surface area contributed by atoms with Gasteiger partial charge in [0.1, 0.15) is 11.9 Å². The number of nitrogens with one attached hydrogen (secondary N) is 2. The molecule has 2 aliphatic rings. The lowest BCUT2D eigenvalue weighted by molar-refractivity contribution is 0.140. The number of hydrogen-bond acceptors (Lipinski definition) is 4. The fourth-order valence-corrected chi connectivity index (χ4v) is 3.94. The molecule has 0 aliphatic carbocycles. The summed E-state index contributed by atoms with van der Waals surface area (Å²) in [5, 5.41) is 6.89. The Hall–Kier alpha value is -1.06.